The lowest BCUT2D eigenvalue weighted by Gasteiger charge is -2.31. The lowest BCUT2D eigenvalue weighted by molar-refractivity contribution is -0.506. The molecule has 0 aromatic carbocycles. The average Bonchev–Trinajstić information content (AvgIpc) is 2.25. The Morgan fingerprint density at radius 1 is 0.857 bits per heavy atom. The van der Waals surface area contributed by atoms with Crippen molar-refractivity contribution in [2.24, 2.45) is 0 Å². The first-order valence-electron chi connectivity index (χ1n) is 4.12. The van der Waals surface area contributed by atoms with Gasteiger partial charge in [-0.2, -0.15) is 53.6 Å². The van der Waals surface area contributed by atoms with Crippen LogP contribution in [-0.2, 0) is 9.47 Å². The Balaban J connectivity index is 5.70. The molecule has 1 unspecified atom stereocenters. The van der Waals surface area contributed by atoms with E-state index < -0.39 is 42.4 Å². The second-order valence-electron chi connectivity index (χ2n) is 2.98. The molecule has 0 saturated carbocycles. The zero-order valence-electron chi connectivity index (χ0n) is 8.92. The first-order valence-corrected chi connectivity index (χ1v) is 4.12. The molecule has 0 N–H and O–H groups in total. The Hall–Kier alpha value is -1.78. The van der Waals surface area contributed by atoms with Crippen molar-refractivity contribution in [3.05, 3.63) is 12.1 Å². The minimum atomic E-state index is -6.80. The molecule has 0 aromatic heterocycles. The van der Waals surface area contributed by atoms with Gasteiger partial charge in [-0.25, -0.2) is 4.74 Å². The normalized spacial score (nSPS) is 15.9. The topological polar surface area (TPSA) is 42.2 Å². The van der Waals surface area contributed by atoms with Crippen LogP contribution >= 0.6 is 0 Å². The van der Waals surface area contributed by atoms with Crippen molar-refractivity contribution in [3.8, 4) is 6.07 Å². The molecule has 1 atom stereocenters. The van der Waals surface area contributed by atoms with Crippen LogP contribution in [0.1, 0.15) is 0 Å². The van der Waals surface area contributed by atoms with E-state index in [0.29, 0.717) is 0 Å². The maximum absolute atomic E-state index is 13.0. The molecule has 0 heterocycles. The van der Waals surface area contributed by atoms with Gasteiger partial charge in [0.05, 0.1) is 0 Å². The lowest BCUT2D eigenvalue weighted by Crippen LogP contribution is -2.54. The van der Waals surface area contributed by atoms with Crippen LogP contribution < -0.4 is 0 Å². The zero-order chi connectivity index (χ0) is 17.3. The van der Waals surface area contributed by atoms with E-state index in [1.165, 1.54) is 0 Å². The van der Waals surface area contributed by atoms with Crippen LogP contribution in [-0.4, -0.2) is 24.2 Å². The molecule has 0 bridgehead atoms. The van der Waals surface area contributed by atoms with Gasteiger partial charge in [0, 0.05) is 0 Å². The summed E-state index contributed by atoms with van der Waals surface area (Å²) in [5.74, 6) is -6.01. The maximum Gasteiger partial charge on any atom is 0.491 e. The molecule has 0 radical (unpaired) electrons. The van der Waals surface area contributed by atoms with Crippen molar-refractivity contribution in [3.63, 3.8) is 0 Å². The van der Waals surface area contributed by atoms with E-state index in [1.54, 1.807) is 0 Å². The molecule has 0 rings (SSSR count). The van der Waals surface area contributed by atoms with Gasteiger partial charge >= 0.3 is 36.3 Å². The molecule has 0 fully saturated rings. The van der Waals surface area contributed by atoms with Crippen molar-refractivity contribution in [2.75, 3.05) is 0 Å². The summed E-state index contributed by atoms with van der Waals surface area (Å²) < 4.78 is 138. The largest absolute Gasteiger partial charge is 0.491 e. The quantitative estimate of drug-likeness (QED) is 0.432. The number of nitriles is 1. The number of ether oxygens (including phenoxy) is 2. The first-order chi connectivity index (χ1) is 9.09. The predicted octanol–water partition coefficient (Wildman–Crippen LogP) is 3.99. The Morgan fingerprint density at radius 2 is 1.29 bits per heavy atom. The number of hydrogen-bond acceptors (Lipinski definition) is 3. The summed E-state index contributed by atoms with van der Waals surface area (Å²) in [6.07, 6.45) is -17.0. The third kappa shape index (κ3) is 4.09. The van der Waals surface area contributed by atoms with Gasteiger partial charge in [0.1, 0.15) is 6.07 Å². The summed E-state index contributed by atoms with van der Waals surface area (Å²) in [7, 11) is 0. The molecule has 0 aromatic rings. The van der Waals surface area contributed by atoms with E-state index in [1.807, 2.05) is 4.74 Å². The molecule has 0 aliphatic rings. The highest BCUT2D eigenvalue weighted by atomic mass is 19.4. The molecule has 0 aliphatic carbocycles. The van der Waals surface area contributed by atoms with Gasteiger partial charge in [0.15, 0.2) is 0 Å². The third-order valence-corrected chi connectivity index (χ3v) is 1.47. The Morgan fingerprint density at radius 3 is 1.57 bits per heavy atom. The molecule has 0 spiro atoms. The van der Waals surface area contributed by atoms with E-state index in [0.717, 1.165) is 0 Å². The van der Waals surface area contributed by atoms with Crippen molar-refractivity contribution in [1.29, 1.82) is 5.26 Å². The van der Waals surface area contributed by atoms with Crippen LogP contribution in [0.5, 0.6) is 0 Å². The van der Waals surface area contributed by atoms with Crippen LogP contribution in [0, 0.1) is 11.3 Å². The van der Waals surface area contributed by atoms with E-state index in [9.17, 15) is 48.3 Å². The molecule has 0 saturated heterocycles. The minimum Gasteiger partial charge on any atom is -0.399 e. The SMILES string of the molecule is N#CC(F)(F)C(F)(F)OC(F)(OC(F)=C(F)F)C(F)(F)F. The van der Waals surface area contributed by atoms with Gasteiger partial charge in [-0.3, -0.25) is 0 Å². The Kier molecular flexibility index (Phi) is 5.07. The first kappa shape index (κ1) is 19.2. The van der Waals surface area contributed by atoms with Crippen molar-refractivity contribution in [2.45, 2.75) is 24.2 Å². The summed E-state index contributed by atoms with van der Waals surface area (Å²) in [6.45, 7) is 0. The van der Waals surface area contributed by atoms with Crippen LogP contribution in [0.15, 0.2) is 12.1 Å². The lowest BCUT2D eigenvalue weighted by atomic mass is 10.3. The van der Waals surface area contributed by atoms with E-state index in [-0.39, 0.29) is 0 Å². The van der Waals surface area contributed by atoms with E-state index in [2.05, 4.69) is 4.74 Å². The van der Waals surface area contributed by atoms with Crippen LogP contribution in [0.25, 0.3) is 0 Å². The number of rotatable bonds is 5. The van der Waals surface area contributed by atoms with Gasteiger partial charge in [-0.1, -0.05) is 0 Å². The fourth-order valence-corrected chi connectivity index (χ4v) is 0.584. The second kappa shape index (κ2) is 5.54. The fraction of sp³-hybridized carbons (Fsp3) is 0.571. The number of hydrogen-bond donors (Lipinski definition) is 0. The number of alkyl halides is 8. The molecule has 14 heteroatoms. The smallest absolute Gasteiger partial charge is 0.399 e. The van der Waals surface area contributed by atoms with Crippen molar-refractivity contribution in [1.82, 2.24) is 0 Å². The van der Waals surface area contributed by atoms with Gasteiger partial charge in [0.25, 0.3) is 0 Å². The number of halogens is 11. The van der Waals surface area contributed by atoms with E-state index >= 15 is 0 Å². The van der Waals surface area contributed by atoms with Gasteiger partial charge in [0.2, 0.25) is 0 Å². The van der Waals surface area contributed by atoms with Gasteiger partial charge in [-0.05, 0) is 0 Å². The van der Waals surface area contributed by atoms with Crippen molar-refractivity contribution >= 4 is 0 Å². The average molecular weight is 339 g/mol. The highest BCUT2D eigenvalue weighted by Gasteiger charge is 2.72. The summed E-state index contributed by atoms with van der Waals surface area (Å²) in [5.41, 5.74) is 0. The Bertz CT molecular complexity index is 460. The fourth-order valence-electron chi connectivity index (χ4n) is 0.584. The molecule has 0 aliphatic heterocycles. The van der Waals surface area contributed by atoms with E-state index in [4.69, 9.17) is 5.26 Å². The predicted molar refractivity (Wildman–Crippen MR) is 37.9 cm³/mol. The third-order valence-electron chi connectivity index (χ3n) is 1.47. The maximum atomic E-state index is 13.0. The molecule has 3 nitrogen and oxygen atoms in total. The molecule has 122 valence electrons. The summed E-state index contributed by atoms with van der Waals surface area (Å²) in [6, 6.07) is -10.6. The van der Waals surface area contributed by atoms with Crippen LogP contribution in [0.4, 0.5) is 48.3 Å². The molecular formula is C7F11NO2. The summed E-state index contributed by atoms with van der Waals surface area (Å²) in [5, 5.41) is 7.59. The molecule has 0 amide bonds. The van der Waals surface area contributed by atoms with Gasteiger partial charge in [-0.15, -0.1) is 0 Å². The summed E-state index contributed by atoms with van der Waals surface area (Å²) >= 11 is 0. The highest BCUT2D eigenvalue weighted by Crippen LogP contribution is 2.46. The highest BCUT2D eigenvalue weighted by molar-refractivity contribution is 4.99. The van der Waals surface area contributed by atoms with Crippen LogP contribution in [0.3, 0.4) is 0 Å². The monoisotopic (exact) mass is 339 g/mol. The Labute approximate surface area is 107 Å². The summed E-state index contributed by atoms with van der Waals surface area (Å²) in [4.78, 5) is 0. The van der Waals surface area contributed by atoms with Crippen molar-refractivity contribution < 1.29 is 57.8 Å². The van der Waals surface area contributed by atoms with Crippen LogP contribution in [0.2, 0.25) is 0 Å². The second-order valence-corrected chi connectivity index (χ2v) is 2.98. The molecular weight excluding hydrogens is 339 g/mol. The van der Waals surface area contributed by atoms with Gasteiger partial charge < -0.3 is 4.74 Å². The minimum absolute atomic E-state index is 0.520. The molecule has 21 heavy (non-hydrogen) atoms. The zero-order valence-corrected chi connectivity index (χ0v) is 8.92. The number of nitrogens with zero attached hydrogens (tertiary/aromatic N) is 1. The standard InChI is InChI=1S/C7F11NO2/c8-2(9)3(10)20-7(18,5(13,14)15)21-6(16,17)4(11,12)1-19.